The molecule has 20 heavy (non-hydrogen) atoms. The van der Waals surface area contributed by atoms with E-state index in [4.69, 9.17) is 9.84 Å². The van der Waals surface area contributed by atoms with Gasteiger partial charge < -0.3 is 14.7 Å². The number of carbonyl (C=O) groups is 1. The van der Waals surface area contributed by atoms with Crippen molar-refractivity contribution in [2.45, 2.75) is 19.0 Å². The van der Waals surface area contributed by atoms with Gasteiger partial charge in [0.15, 0.2) is 0 Å². The predicted molar refractivity (Wildman–Crippen MR) is 77.3 cm³/mol. The summed E-state index contributed by atoms with van der Waals surface area (Å²) in [5.74, 6) is -0.148. The van der Waals surface area contributed by atoms with Crippen molar-refractivity contribution in [1.82, 2.24) is 9.80 Å². The lowest BCUT2D eigenvalue weighted by atomic mass is 10.1. The molecule has 1 aliphatic rings. The van der Waals surface area contributed by atoms with E-state index in [1.807, 2.05) is 0 Å². The van der Waals surface area contributed by atoms with Gasteiger partial charge in [-0.2, -0.15) is 0 Å². The minimum Gasteiger partial charge on any atom is -0.496 e. The lowest BCUT2D eigenvalue weighted by molar-refractivity contribution is 0.0696. The van der Waals surface area contributed by atoms with E-state index < -0.39 is 5.97 Å². The number of carboxylic acid groups (broad SMARTS) is 1. The maximum absolute atomic E-state index is 11.1. The molecule has 1 N–H and O–H groups in total. The molecule has 0 bridgehead atoms. The Bertz CT molecular complexity index is 488. The smallest absolute Gasteiger partial charge is 0.335 e. The van der Waals surface area contributed by atoms with Gasteiger partial charge >= 0.3 is 5.97 Å². The van der Waals surface area contributed by atoms with E-state index >= 15 is 0 Å². The topological polar surface area (TPSA) is 53.0 Å². The Morgan fingerprint density at radius 2 is 2.25 bits per heavy atom. The Kier molecular flexibility index (Phi) is 4.62. The summed E-state index contributed by atoms with van der Waals surface area (Å²) in [5.41, 5.74) is 1.25. The Morgan fingerprint density at radius 1 is 1.50 bits per heavy atom. The zero-order chi connectivity index (χ0) is 14.7. The van der Waals surface area contributed by atoms with Crippen molar-refractivity contribution in [3.8, 4) is 5.75 Å². The third kappa shape index (κ3) is 3.29. The lowest BCUT2D eigenvalue weighted by Gasteiger charge is -2.21. The third-order valence-corrected chi connectivity index (χ3v) is 3.90. The van der Waals surface area contributed by atoms with Crippen LogP contribution >= 0.6 is 0 Å². The maximum Gasteiger partial charge on any atom is 0.335 e. The van der Waals surface area contributed by atoms with E-state index in [1.54, 1.807) is 25.3 Å². The van der Waals surface area contributed by atoms with E-state index in [0.29, 0.717) is 11.6 Å². The highest BCUT2D eigenvalue weighted by atomic mass is 16.5. The van der Waals surface area contributed by atoms with Crippen LogP contribution in [0, 0.1) is 0 Å². The Balaban J connectivity index is 2.12. The molecule has 0 aliphatic carbocycles. The van der Waals surface area contributed by atoms with E-state index in [0.717, 1.165) is 37.4 Å². The number of aromatic carboxylic acids is 1. The van der Waals surface area contributed by atoms with Gasteiger partial charge in [0.1, 0.15) is 5.75 Å². The lowest BCUT2D eigenvalue weighted by Crippen LogP contribution is -2.31. The summed E-state index contributed by atoms with van der Waals surface area (Å²) in [7, 11) is 5.81. The Morgan fingerprint density at radius 3 is 2.80 bits per heavy atom. The van der Waals surface area contributed by atoms with Crippen molar-refractivity contribution < 1.29 is 14.6 Å². The second-order valence-corrected chi connectivity index (χ2v) is 5.47. The molecular weight excluding hydrogens is 256 g/mol. The predicted octanol–water partition coefficient (Wildman–Crippen LogP) is 1.53. The van der Waals surface area contributed by atoms with Crippen molar-refractivity contribution in [3.05, 3.63) is 29.3 Å². The summed E-state index contributed by atoms with van der Waals surface area (Å²) < 4.78 is 5.33. The van der Waals surface area contributed by atoms with Crippen molar-refractivity contribution in [2.75, 3.05) is 34.3 Å². The molecule has 110 valence electrons. The van der Waals surface area contributed by atoms with Crippen LogP contribution in [0.3, 0.4) is 0 Å². The molecule has 1 heterocycles. The number of hydrogen-bond acceptors (Lipinski definition) is 4. The number of methoxy groups -OCH3 is 1. The van der Waals surface area contributed by atoms with Crippen molar-refractivity contribution >= 4 is 5.97 Å². The zero-order valence-corrected chi connectivity index (χ0v) is 12.3. The molecule has 1 fully saturated rings. The second-order valence-electron chi connectivity index (χ2n) is 5.47. The average molecular weight is 278 g/mol. The fraction of sp³-hybridized carbons (Fsp3) is 0.533. The number of ether oxygens (including phenoxy) is 1. The summed E-state index contributed by atoms with van der Waals surface area (Å²) in [6, 6.07) is 5.60. The summed E-state index contributed by atoms with van der Waals surface area (Å²) in [6.45, 7) is 2.77. The highest BCUT2D eigenvalue weighted by molar-refractivity contribution is 5.88. The van der Waals surface area contributed by atoms with E-state index in [2.05, 4.69) is 23.9 Å². The first kappa shape index (κ1) is 14.8. The molecule has 1 unspecified atom stereocenters. The standard InChI is InChI=1S/C15H22N2O3/c1-16(2)13-6-7-17(10-13)9-12-8-11(15(18)19)4-5-14(12)20-3/h4-5,8,13H,6-7,9-10H2,1-3H3,(H,18,19). The van der Waals surface area contributed by atoms with Crippen molar-refractivity contribution in [3.63, 3.8) is 0 Å². The first-order valence-electron chi connectivity index (χ1n) is 6.80. The molecule has 0 aromatic heterocycles. The van der Waals surface area contributed by atoms with Crippen LogP contribution in [0.4, 0.5) is 0 Å². The number of carboxylic acids is 1. The minimum atomic E-state index is -0.901. The van der Waals surface area contributed by atoms with Gasteiger partial charge in [-0.05, 0) is 38.7 Å². The fourth-order valence-corrected chi connectivity index (χ4v) is 2.65. The number of hydrogen-bond donors (Lipinski definition) is 1. The molecule has 0 amide bonds. The van der Waals surface area contributed by atoms with Crippen LogP contribution in [0.15, 0.2) is 18.2 Å². The van der Waals surface area contributed by atoms with Gasteiger partial charge in [-0.15, -0.1) is 0 Å². The SMILES string of the molecule is COc1ccc(C(=O)O)cc1CN1CCC(N(C)C)C1. The molecule has 0 saturated carbocycles. The Labute approximate surface area is 119 Å². The Hall–Kier alpha value is -1.59. The number of rotatable bonds is 5. The monoisotopic (exact) mass is 278 g/mol. The molecule has 5 heteroatoms. The van der Waals surface area contributed by atoms with Crippen LogP contribution in [0.5, 0.6) is 5.75 Å². The van der Waals surface area contributed by atoms with Crippen LogP contribution in [0.25, 0.3) is 0 Å². The first-order chi connectivity index (χ1) is 9.51. The van der Waals surface area contributed by atoms with Gasteiger partial charge in [-0.1, -0.05) is 0 Å². The average Bonchev–Trinajstić information content (AvgIpc) is 2.87. The normalized spacial score (nSPS) is 19.5. The molecule has 1 aromatic carbocycles. The molecule has 5 nitrogen and oxygen atoms in total. The van der Waals surface area contributed by atoms with E-state index in [-0.39, 0.29) is 0 Å². The van der Waals surface area contributed by atoms with Gasteiger partial charge in [0.05, 0.1) is 12.7 Å². The van der Waals surface area contributed by atoms with Gasteiger partial charge in [0.2, 0.25) is 0 Å². The second kappa shape index (κ2) is 6.24. The molecule has 1 aliphatic heterocycles. The molecular formula is C15H22N2O3. The molecule has 1 saturated heterocycles. The molecule has 0 radical (unpaired) electrons. The third-order valence-electron chi connectivity index (χ3n) is 3.90. The maximum atomic E-state index is 11.1. The van der Waals surface area contributed by atoms with Gasteiger partial charge in [0.25, 0.3) is 0 Å². The highest BCUT2D eigenvalue weighted by Crippen LogP contribution is 2.24. The number of benzene rings is 1. The van der Waals surface area contributed by atoms with E-state index in [9.17, 15) is 4.79 Å². The minimum absolute atomic E-state index is 0.309. The summed E-state index contributed by atoms with van der Waals surface area (Å²) in [5, 5.41) is 9.09. The largest absolute Gasteiger partial charge is 0.496 e. The number of likely N-dealkylation sites (N-methyl/N-ethyl adjacent to an activating group) is 1. The number of nitrogens with zero attached hydrogens (tertiary/aromatic N) is 2. The molecule has 1 atom stereocenters. The van der Waals surface area contributed by atoms with Crippen LogP contribution in [-0.4, -0.2) is 61.2 Å². The zero-order valence-electron chi connectivity index (χ0n) is 12.3. The van der Waals surface area contributed by atoms with Gasteiger partial charge in [-0.25, -0.2) is 4.79 Å². The van der Waals surface area contributed by atoms with Crippen LogP contribution in [-0.2, 0) is 6.54 Å². The quantitative estimate of drug-likeness (QED) is 0.885. The van der Waals surface area contributed by atoms with Gasteiger partial charge in [0, 0.05) is 31.2 Å². The molecule has 2 rings (SSSR count). The van der Waals surface area contributed by atoms with E-state index in [1.165, 1.54) is 0 Å². The van der Waals surface area contributed by atoms with Gasteiger partial charge in [-0.3, -0.25) is 4.90 Å². The van der Waals surface area contributed by atoms with Crippen LogP contribution in [0.1, 0.15) is 22.3 Å². The van der Waals surface area contributed by atoms with Crippen molar-refractivity contribution in [1.29, 1.82) is 0 Å². The van der Waals surface area contributed by atoms with Crippen LogP contribution in [0.2, 0.25) is 0 Å². The molecule has 0 spiro atoms. The van der Waals surface area contributed by atoms with Crippen LogP contribution < -0.4 is 4.74 Å². The summed E-state index contributed by atoms with van der Waals surface area (Å²) >= 11 is 0. The first-order valence-corrected chi connectivity index (χ1v) is 6.80. The number of likely N-dealkylation sites (tertiary alicyclic amines) is 1. The molecule has 1 aromatic rings. The highest BCUT2D eigenvalue weighted by Gasteiger charge is 2.24. The summed E-state index contributed by atoms with van der Waals surface area (Å²) in [6.07, 6.45) is 1.15. The van der Waals surface area contributed by atoms with Crippen molar-refractivity contribution in [2.24, 2.45) is 0 Å². The fourth-order valence-electron chi connectivity index (χ4n) is 2.65. The summed E-state index contributed by atoms with van der Waals surface area (Å²) in [4.78, 5) is 15.7.